The molecule has 10 heteroatoms. The highest BCUT2D eigenvalue weighted by atomic mass is 31.2. The maximum Gasteiger partial charge on any atom is 0.306 e. The molecule has 0 amide bonds. The van der Waals surface area contributed by atoms with E-state index in [4.69, 9.17) is 18.5 Å². The van der Waals surface area contributed by atoms with Gasteiger partial charge >= 0.3 is 11.9 Å². The lowest BCUT2D eigenvalue weighted by atomic mass is 10.0. The first-order chi connectivity index (χ1) is 35.0. The molecule has 0 rings (SSSR count). The van der Waals surface area contributed by atoms with Crippen LogP contribution in [0.1, 0.15) is 219 Å². The van der Waals surface area contributed by atoms with Gasteiger partial charge in [0.2, 0.25) is 0 Å². The van der Waals surface area contributed by atoms with Crippen molar-refractivity contribution in [2.45, 2.75) is 225 Å². The van der Waals surface area contributed by atoms with Crippen molar-refractivity contribution in [3.63, 3.8) is 0 Å². The number of quaternary nitrogens is 1. The van der Waals surface area contributed by atoms with E-state index in [0.717, 1.165) is 96.3 Å². The number of carbonyl (C=O) groups is 2. The summed E-state index contributed by atoms with van der Waals surface area (Å²) in [5.41, 5.74) is 0. The summed E-state index contributed by atoms with van der Waals surface area (Å²) in [7, 11) is 1.13. The second-order valence-corrected chi connectivity index (χ2v) is 21.3. The molecule has 0 saturated carbocycles. The third-order valence-electron chi connectivity index (χ3n) is 11.8. The Kier molecular flexibility index (Phi) is 50.1. The summed E-state index contributed by atoms with van der Waals surface area (Å²) < 4.78 is 34.1. The summed E-state index contributed by atoms with van der Waals surface area (Å²) in [5, 5.41) is 0. The van der Waals surface area contributed by atoms with Crippen LogP contribution in [0.15, 0.2) is 109 Å². The monoisotopic (exact) mass is 1020 g/mol. The van der Waals surface area contributed by atoms with E-state index >= 15 is 0 Å². The molecule has 0 aromatic heterocycles. The van der Waals surface area contributed by atoms with E-state index in [1.54, 1.807) is 0 Å². The fraction of sp³-hybridized carbons (Fsp3) is 0.677. The molecule has 0 bridgehead atoms. The van der Waals surface area contributed by atoms with E-state index in [9.17, 15) is 19.0 Å². The predicted octanol–water partition coefficient (Wildman–Crippen LogP) is 17.2. The predicted molar refractivity (Wildman–Crippen MR) is 305 cm³/mol. The molecular formula is C62H106NO8P. The van der Waals surface area contributed by atoms with Crippen LogP contribution in [0.5, 0.6) is 0 Å². The molecule has 0 aliphatic heterocycles. The second kappa shape index (κ2) is 52.5. The molecule has 72 heavy (non-hydrogen) atoms. The van der Waals surface area contributed by atoms with Gasteiger partial charge in [-0.1, -0.05) is 213 Å². The summed E-state index contributed by atoms with van der Waals surface area (Å²) in [5.74, 6) is -0.880. The third-order valence-corrected chi connectivity index (χ3v) is 12.7. The van der Waals surface area contributed by atoms with Gasteiger partial charge in [-0.15, -0.1) is 0 Å². The van der Waals surface area contributed by atoms with Crippen LogP contribution < -0.4 is 4.89 Å². The average molecular weight is 1020 g/mol. The molecule has 0 radical (unpaired) electrons. The van der Waals surface area contributed by atoms with Crippen molar-refractivity contribution in [2.24, 2.45) is 0 Å². The maximum atomic E-state index is 12.8. The lowest BCUT2D eigenvalue weighted by Gasteiger charge is -2.28. The molecule has 0 heterocycles. The number of phosphoric acid groups is 1. The molecule has 0 aromatic carbocycles. The highest BCUT2D eigenvalue weighted by Gasteiger charge is 2.21. The van der Waals surface area contributed by atoms with E-state index < -0.39 is 32.5 Å². The summed E-state index contributed by atoms with van der Waals surface area (Å²) in [4.78, 5) is 37.9. The Balaban J connectivity index is 4.29. The van der Waals surface area contributed by atoms with E-state index in [1.165, 1.54) is 89.9 Å². The average Bonchev–Trinajstić information content (AvgIpc) is 3.34. The first-order valence-electron chi connectivity index (χ1n) is 28.6. The number of nitrogens with zero attached hydrogens (tertiary/aromatic N) is 1. The van der Waals surface area contributed by atoms with Crippen LogP contribution in [0, 0.1) is 0 Å². The van der Waals surface area contributed by atoms with Crippen molar-refractivity contribution >= 4 is 19.8 Å². The normalized spacial score (nSPS) is 14.1. The Hall–Kier alpha value is -3.33. The largest absolute Gasteiger partial charge is 0.756 e. The van der Waals surface area contributed by atoms with E-state index in [-0.39, 0.29) is 26.1 Å². The minimum Gasteiger partial charge on any atom is -0.756 e. The molecule has 0 saturated heterocycles. The van der Waals surface area contributed by atoms with E-state index in [2.05, 4.69) is 123 Å². The fourth-order valence-electron chi connectivity index (χ4n) is 7.37. The quantitative estimate of drug-likeness (QED) is 0.0195. The molecule has 0 spiro atoms. The Morgan fingerprint density at radius 3 is 1.19 bits per heavy atom. The molecule has 2 unspecified atom stereocenters. The van der Waals surface area contributed by atoms with Crippen LogP contribution in [0.25, 0.3) is 0 Å². The molecule has 0 N–H and O–H groups in total. The number of ether oxygens (including phenoxy) is 2. The number of unbranched alkanes of at least 4 members (excludes halogenated alkanes) is 19. The van der Waals surface area contributed by atoms with Crippen molar-refractivity contribution in [3.8, 4) is 0 Å². The molecular weight excluding hydrogens is 918 g/mol. The Morgan fingerprint density at radius 1 is 0.444 bits per heavy atom. The van der Waals surface area contributed by atoms with Crippen LogP contribution in [0.2, 0.25) is 0 Å². The van der Waals surface area contributed by atoms with Crippen molar-refractivity contribution in [3.05, 3.63) is 109 Å². The first kappa shape index (κ1) is 68.7. The maximum absolute atomic E-state index is 12.8. The van der Waals surface area contributed by atoms with Crippen molar-refractivity contribution in [1.29, 1.82) is 0 Å². The lowest BCUT2D eigenvalue weighted by Crippen LogP contribution is -2.37. The van der Waals surface area contributed by atoms with Gasteiger partial charge < -0.3 is 27.9 Å². The molecule has 2 atom stereocenters. The van der Waals surface area contributed by atoms with Crippen LogP contribution >= 0.6 is 7.82 Å². The summed E-state index contributed by atoms with van der Waals surface area (Å²) >= 11 is 0. The Bertz CT molecular complexity index is 1580. The summed E-state index contributed by atoms with van der Waals surface area (Å²) in [6.45, 7) is 4.07. The summed E-state index contributed by atoms with van der Waals surface area (Å²) in [6, 6.07) is 0. The van der Waals surface area contributed by atoms with E-state index in [0.29, 0.717) is 17.4 Å². The third kappa shape index (κ3) is 56.0. The van der Waals surface area contributed by atoms with Gasteiger partial charge in [0, 0.05) is 12.8 Å². The first-order valence-corrected chi connectivity index (χ1v) is 30.1. The smallest absolute Gasteiger partial charge is 0.306 e. The van der Waals surface area contributed by atoms with Crippen LogP contribution in [-0.2, 0) is 32.7 Å². The number of allylic oxidation sites excluding steroid dienone is 18. The number of carbonyl (C=O) groups excluding carboxylic acids is 2. The fourth-order valence-corrected chi connectivity index (χ4v) is 8.10. The Morgan fingerprint density at radius 2 is 0.792 bits per heavy atom. The number of hydrogen-bond acceptors (Lipinski definition) is 8. The van der Waals surface area contributed by atoms with Gasteiger partial charge in [0.1, 0.15) is 19.8 Å². The van der Waals surface area contributed by atoms with Crippen LogP contribution in [0.3, 0.4) is 0 Å². The van der Waals surface area contributed by atoms with Gasteiger partial charge in [0.25, 0.3) is 7.82 Å². The molecule has 0 aliphatic rings. The standard InChI is InChI=1S/C62H106NO8P/c1-6-8-10-12-14-16-18-20-22-24-26-28-30-31-33-35-37-39-41-43-45-47-49-51-53-55-62(65)71-60(59-70-72(66,67)69-57-56-63(3,4)5)58-68-61(64)54-52-50-48-46-44-42-40-38-36-34-32-29-27-25-23-21-19-17-15-13-11-9-7-2/h8,10,14,16,19-22,25-28,31,33,37,39,43,45,60H,6-7,9,11-13,15,17-18,23-24,29-30,32,34-36,38,40-42,44,46-59H2,1-5H3/b10-8-,16-14-,21-19-,22-20-,27-25-,28-26-,33-31-,39-37-,45-43-. The number of hydrogen-bond donors (Lipinski definition) is 0. The van der Waals surface area contributed by atoms with Crippen molar-refractivity contribution < 1.29 is 42.1 Å². The molecule has 9 nitrogen and oxygen atoms in total. The SMILES string of the molecule is CC/C=C\C/C=C\C/C=C\C/C=C\C/C=C\C/C=C\C/C=C\CCCCCC(=O)OC(COC(=O)CCCCCCCCCCCCC/C=C\C/C=C\CCCCCCC)COP(=O)([O-])OCC[N+](C)(C)C. The highest BCUT2D eigenvalue weighted by molar-refractivity contribution is 7.45. The highest BCUT2D eigenvalue weighted by Crippen LogP contribution is 2.38. The van der Waals surface area contributed by atoms with Crippen LogP contribution in [0.4, 0.5) is 0 Å². The topological polar surface area (TPSA) is 111 Å². The Labute approximate surface area is 442 Å². The van der Waals surface area contributed by atoms with Crippen molar-refractivity contribution in [2.75, 3.05) is 47.5 Å². The van der Waals surface area contributed by atoms with Gasteiger partial charge in [-0.3, -0.25) is 14.2 Å². The van der Waals surface area contributed by atoms with Gasteiger partial charge in [-0.2, -0.15) is 0 Å². The number of esters is 2. The van der Waals surface area contributed by atoms with Gasteiger partial charge in [0.15, 0.2) is 6.10 Å². The number of rotatable bonds is 51. The lowest BCUT2D eigenvalue weighted by molar-refractivity contribution is -0.870. The molecule has 0 aromatic rings. The zero-order valence-corrected chi connectivity index (χ0v) is 47.5. The number of likely N-dealkylation sites (N-methyl/N-ethyl adjacent to an activating group) is 1. The molecule has 412 valence electrons. The molecule has 0 fully saturated rings. The molecule has 0 aliphatic carbocycles. The van der Waals surface area contributed by atoms with Gasteiger partial charge in [-0.05, 0) is 103 Å². The summed E-state index contributed by atoms with van der Waals surface area (Å²) in [6.07, 6.45) is 72.7. The zero-order valence-electron chi connectivity index (χ0n) is 46.6. The zero-order chi connectivity index (χ0) is 52.7. The van der Waals surface area contributed by atoms with Gasteiger partial charge in [0.05, 0.1) is 27.7 Å². The van der Waals surface area contributed by atoms with Gasteiger partial charge in [-0.25, -0.2) is 0 Å². The minimum atomic E-state index is -4.65. The van der Waals surface area contributed by atoms with Crippen LogP contribution in [-0.4, -0.2) is 70.0 Å². The van der Waals surface area contributed by atoms with E-state index in [1.807, 2.05) is 21.1 Å². The number of phosphoric ester groups is 1. The van der Waals surface area contributed by atoms with Crippen molar-refractivity contribution in [1.82, 2.24) is 0 Å². The minimum absolute atomic E-state index is 0.0439. The second-order valence-electron chi connectivity index (χ2n) is 19.9.